The monoisotopic (exact) mass is 1140 g/mol. The molecule has 0 radical (unpaired) electrons. The molecule has 3 atom stereocenters. The van der Waals surface area contributed by atoms with Gasteiger partial charge in [0, 0.05) is 71.4 Å². The molecule has 4 aliphatic rings. The number of nitrogens with one attached hydrogen (secondary N) is 4. The number of carboxylic acid groups (broad SMARTS) is 2. The maximum absolute atomic E-state index is 15.6. The van der Waals surface area contributed by atoms with E-state index in [1.165, 1.54) is 41.1 Å². The van der Waals surface area contributed by atoms with Gasteiger partial charge in [0.05, 0.1) is 54.4 Å². The molecule has 7 rings (SSSR count). The molecule has 2 aliphatic carbocycles. The van der Waals surface area contributed by atoms with Crippen LogP contribution in [0.2, 0.25) is 0 Å². The fourth-order valence-electron chi connectivity index (χ4n) is 9.04. The van der Waals surface area contributed by atoms with E-state index in [9.17, 15) is 65.3 Å². The number of rotatable bonds is 25. The van der Waals surface area contributed by atoms with Gasteiger partial charge in [0.2, 0.25) is 23.6 Å². The molecule has 6 N–H and O–H groups in total. The van der Waals surface area contributed by atoms with Crippen molar-refractivity contribution < 1.29 is 83.2 Å². The molecule has 1 saturated carbocycles. The number of ether oxygens (including phenoxy) is 2. The molecule has 3 aromatic rings. The molecule has 0 bridgehead atoms. The van der Waals surface area contributed by atoms with Crippen LogP contribution in [0.1, 0.15) is 74.6 Å². The summed E-state index contributed by atoms with van der Waals surface area (Å²) in [5.41, 5.74) is -1.44. The van der Waals surface area contributed by atoms with Crippen LogP contribution in [0.5, 0.6) is 0 Å². The molecule has 27 heteroatoms. The van der Waals surface area contributed by atoms with Gasteiger partial charge in [-0.15, -0.1) is 11.8 Å². The highest BCUT2D eigenvalue weighted by atomic mass is 32.2. The fourth-order valence-corrected chi connectivity index (χ4v) is 12.0. The van der Waals surface area contributed by atoms with Gasteiger partial charge in [-0.05, 0) is 48.7 Å². The topological polar surface area (TPSA) is 317 Å². The van der Waals surface area contributed by atoms with Gasteiger partial charge in [0.15, 0.2) is 32.7 Å². The molecule has 3 unspecified atom stereocenters. The maximum atomic E-state index is 15.6. The molecule has 2 heterocycles. The molecule has 78 heavy (non-hydrogen) atoms. The lowest BCUT2D eigenvalue weighted by atomic mass is 9.90. The molecule has 1 saturated heterocycles. The van der Waals surface area contributed by atoms with Crippen LogP contribution >= 0.6 is 11.8 Å². The first kappa shape index (κ1) is 58.8. The highest BCUT2D eigenvalue weighted by Gasteiger charge is 2.41. The number of carboxylic acids is 2. The predicted octanol–water partition coefficient (Wildman–Crippen LogP) is 5.75. The Morgan fingerprint density at radius 2 is 1.53 bits per heavy atom. The van der Waals surface area contributed by atoms with Crippen molar-refractivity contribution in [2.45, 2.75) is 86.4 Å². The zero-order chi connectivity index (χ0) is 56.3. The normalized spacial score (nSPS) is 16.2. The molecule has 3 aromatic carbocycles. The summed E-state index contributed by atoms with van der Waals surface area (Å²) in [5.74, 6) is -12.6. The van der Waals surface area contributed by atoms with Crippen molar-refractivity contribution in [2.75, 3.05) is 59.4 Å². The molecule has 0 spiro atoms. The summed E-state index contributed by atoms with van der Waals surface area (Å²) in [6, 6.07) is 13.0. The third-order valence-corrected chi connectivity index (χ3v) is 16.2. The second-order valence-corrected chi connectivity index (χ2v) is 22.1. The maximum Gasteiger partial charge on any atom is 0.336 e. The Bertz CT molecular complexity index is 3270. The lowest BCUT2D eigenvalue weighted by molar-refractivity contribution is -0.141. The van der Waals surface area contributed by atoms with E-state index in [2.05, 4.69) is 16.0 Å². The number of benzene rings is 4. The van der Waals surface area contributed by atoms with Gasteiger partial charge < -0.3 is 49.3 Å². The number of anilines is 3. The average Bonchev–Trinajstić information content (AvgIpc) is 3.67. The first-order chi connectivity index (χ1) is 37.2. The summed E-state index contributed by atoms with van der Waals surface area (Å²) in [5, 5.41) is 27.1. The lowest BCUT2D eigenvalue weighted by Gasteiger charge is -2.25. The Hall–Kier alpha value is -6.91. The largest absolute Gasteiger partial charge is 0.755 e. The SMILES string of the molecule is O=C(CCS(=O)(=O)c1c(F)c(F)c(NS(=O)[O-])c(F)c1NC1CCCCCCC1)NCCOCCOCCC(=O)NC(CSC1CC(=O)N(c2ccc(-c3c4ccc(=O)cc-4oc4ccccc34)c(C(=O)O)c2)C1=O)C(=O)O. The van der Waals surface area contributed by atoms with Crippen molar-refractivity contribution in [3.05, 3.63) is 93.9 Å². The number of halogens is 3. The van der Waals surface area contributed by atoms with Gasteiger partial charge in [0.1, 0.15) is 28.0 Å². The number of hydrogen-bond donors (Lipinski definition) is 6. The van der Waals surface area contributed by atoms with E-state index in [0.29, 0.717) is 47.8 Å². The fraction of sp³-hybridized carbons (Fsp3) is 0.392. The first-order valence-electron chi connectivity index (χ1n) is 24.6. The minimum atomic E-state index is -4.89. The van der Waals surface area contributed by atoms with Crippen molar-refractivity contribution in [1.29, 1.82) is 0 Å². The van der Waals surface area contributed by atoms with Gasteiger partial charge in [-0.3, -0.25) is 28.2 Å². The van der Waals surface area contributed by atoms with Crippen molar-refractivity contribution in [3.63, 3.8) is 0 Å². The van der Waals surface area contributed by atoms with E-state index in [-0.39, 0.29) is 79.6 Å². The van der Waals surface area contributed by atoms with Gasteiger partial charge in [-0.1, -0.05) is 56.4 Å². The number of aliphatic carboxylic acids is 1. The highest BCUT2D eigenvalue weighted by molar-refractivity contribution is 8.00. The first-order valence-corrected chi connectivity index (χ1v) is 28.3. The van der Waals surface area contributed by atoms with E-state index in [4.69, 9.17) is 13.9 Å². The summed E-state index contributed by atoms with van der Waals surface area (Å²) >= 11 is -2.46. The quantitative estimate of drug-likeness (QED) is 0.0133. The third-order valence-electron chi connectivity index (χ3n) is 12.8. The second-order valence-electron chi connectivity index (χ2n) is 18.2. The van der Waals surface area contributed by atoms with Crippen LogP contribution in [0, 0.1) is 17.5 Å². The van der Waals surface area contributed by atoms with Gasteiger partial charge in [-0.2, -0.15) is 0 Å². The number of para-hydroxylation sites is 1. The zero-order valence-electron chi connectivity index (χ0n) is 41.4. The Labute approximate surface area is 450 Å². The van der Waals surface area contributed by atoms with Crippen LogP contribution in [0.3, 0.4) is 0 Å². The summed E-state index contributed by atoms with van der Waals surface area (Å²) in [6.45, 7) is -0.464. The smallest absolute Gasteiger partial charge is 0.336 e. The molecular weight excluding hydrogens is 1090 g/mol. The molecule has 418 valence electrons. The Balaban J connectivity index is 0.832. The van der Waals surface area contributed by atoms with E-state index < -0.39 is 120 Å². The minimum Gasteiger partial charge on any atom is -0.755 e. The summed E-state index contributed by atoms with van der Waals surface area (Å²) < 4.78 is 113. The minimum absolute atomic E-state index is 0.0339. The Kier molecular flexibility index (Phi) is 20.1. The van der Waals surface area contributed by atoms with Crippen LogP contribution in [0.25, 0.3) is 33.4 Å². The van der Waals surface area contributed by atoms with Gasteiger partial charge >= 0.3 is 11.9 Å². The highest BCUT2D eigenvalue weighted by Crippen LogP contribution is 2.43. The zero-order valence-corrected chi connectivity index (χ0v) is 43.9. The van der Waals surface area contributed by atoms with E-state index in [0.717, 1.165) is 35.9 Å². The van der Waals surface area contributed by atoms with Crippen LogP contribution in [-0.2, 0) is 54.6 Å². The molecule has 21 nitrogen and oxygen atoms in total. The van der Waals surface area contributed by atoms with Crippen LogP contribution in [-0.4, -0.2) is 125 Å². The average molecular weight is 1150 g/mol. The number of sulfone groups is 1. The number of thioether (sulfide) groups is 1. The number of imide groups is 1. The number of fused-ring (bicyclic) bond motifs is 2. The molecule has 0 aromatic heterocycles. The molecular formula is C51H53F3N5O16S3-. The summed E-state index contributed by atoms with van der Waals surface area (Å²) in [6.07, 6.45) is 3.60. The molecule has 2 aliphatic heterocycles. The number of carbonyl (C=O) groups is 6. The van der Waals surface area contributed by atoms with Gasteiger partial charge in [0.25, 0.3) is 0 Å². The molecule has 2 fully saturated rings. The van der Waals surface area contributed by atoms with Crippen molar-refractivity contribution in [1.82, 2.24) is 10.6 Å². The molecule has 4 amide bonds. The van der Waals surface area contributed by atoms with Crippen LogP contribution in [0.4, 0.5) is 30.2 Å². The number of nitrogens with zero attached hydrogens (tertiary/aromatic N) is 1. The summed E-state index contributed by atoms with van der Waals surface area (Å²) in [4.78, 5) is 88.7. The number of aromatic carboxylic acids is 1. The van der Waals surface area contributed by atoms with Crippen molar-refractivity contribution in [3.8, 4) is 22.5 Å². The van der Waals surface area contributed by atoms with E-state index >= 15 is 8.78 Å². The third kappa shape index (κ3) is 14.4. The lowest BCUT2D eigenvalue weighted by Crippen LogP contribution is -2.43. The van der Waals surface area contributed by atoms with Crippen molar-refractivity contribution in [2.24, 2.45) is 0 Å². The van der Waals surface area contributed by atoms with Crippen LogP contribution < -0.4 is 31.0 Å². The van der Waals surface area contributed by atoms with Gasteiger partial charge in [-0.25, -0.2) is 36.1 Å². The van der Waals surface area contributed by atoms with Crippen molar-refractivity contribution >= 4 is 96.5 Å². The number of carbonyl (C=O) groups excluding carboxylic acids is 4. The standard InChI is InChI=1S/C51H54F3N5O16S3/c52-43-44(53)48(47(45(54)46(43)58-77(69)70)56-28-8-4-2-1-3-5-9-28)78(71,72)23-17-39(61)55-18-20-74-22-21-73-19-16-40(62)57-35(51(67)68)27-76-38-26-41(63)59(49(38)64)29-12-14-31(34(24-29)50(65)66)42-32-10-6-7-11-36(32)75-37-25-30(60)13-15-33(37)42/h6-7,10-15,24-25,28,35,38,56,58H,1-5,8-9,16-23,26-27H2,(H,55,61)(H,57,62)(H,65,66)(H,67,68)(H,69,70)/p-1. The predicted molar refractivity (Wildman–Crippen MR) is 279 cm³/mol. The number of hydrogen-bond acceptors (Lipinski definition) is 16. The van der Waals surface area contributed by atoms with E-state index in [1.54, 1.807) is 24.3 Å². The Morgan fingerprint density at radius 3 is 2.23 bits per heavy atom. The Morgan fingerprint density at radius 1 is 0.833 bits per heavy atom. The van der Waals surface area contributed by atoms with Crippen LogP contribution in [0.15, 0.2) is 74.8 Å². The summed E-state index contributed by atoms with van der Waals surface area (Å²) in [7, 11) is -4.89. The second kappa shape index (κ2) is 26.6. The number of amides is 4. The van der Waals surface area contributed by atoms with E-state index in [1.807, 2.05) is 0 Å².